The Morgan fingerprint density at radius 1 is 1.39 bits per heavy atom. The van der Waals surface area contributed by atoms with Crippen molar-refractivity contribution in [3.63, 3.8) is 0 Å². The van der Waals surface area contributed by atoms with E-state index in [-0.39, 0.29) is 0 Å². The highest BCUT2D eigenvalue weighted by molar-refractivity contribution is 5.28. The molecule has 0 saturated heterocycles. The summed E-state index contributed by atoms with van der Waals surface area (Å²) >= 11 is 0. The lowest BCUT2D eigenvalue weighted by Crippen LogP contribution is -2.11. The molecule has 0 bridgehead atoms. The molecule has 0 atom stereocenters. The summed E-state index contributed by atoms with van der Waals surface area (Å²) in [5, 5.41) is 7.58. The molecule has 2 rings (SSSR count). The fourth-order valence-electron chi connectivity index (χ4n) is 1.88. The van der Waals surface area contributed by atoms with Crippen LogP contribution in [-0.4, -0.2) is 30.9 Å². The van der Waals surface area contributed by atoms with Gasteiger partial charge in [0.1, 0.15) is 6.33 Å². The number of anilines is 1. The lowest BCUT2D eigenvalue weighted by atomic mass is 10.4. The first-order valence-electron chi connectivity index (χ1n) is 6.31. The van der Waals surface area contributed by atoms with Crippen molar-refractivity contribution in [1.82, 2.24) is 24.3 Å². The molecule has 2 heterocycles. The second kappa shape index (κ2) is 5.66. The third-order valence-corrected chi connectivity index (χ3v) is 2.64. The SMILES string of the molecule is CCCn1cc(C)nc1NCCc1ncn(C)n1. The van der Waals surface area contributed by atoms with Gasteiger partial charge in [0.15, 0.2) is 5.82 Å². The van der Waals surface area contributed by atoms with Crippen LogP contribution in [0.2, 0.25) is 0 Å². The van der Waals surface area contributed by atoms with Crippen molar-refractivity contribution in [3.05, 3.63) is 24.0 Å². The molecule has 18 heavy (non-hydrogen) atoms. The van der Waals surface area contributed by atoms with E-state index in [0.29, 0.717) is 0 Å². The van der Waals surface area contributed by atoms with Crippen molar-refractivity contribution in [2.45, 2.75) is 33.2 Å². The molecule has 0 aromatic carbocycles. The summed E-state index contributed by atoms with van der Waals surface area (Å²) in [5.74, 6) is 1.79. The molecule has 2 aromatic rings. The second-order valence-corrected chi connectivity index (χ2v) is 4.41. The van der Waals surface area contributed by atoms with Crippen molar-refractivity contribution in [3.8, 4) is 0 Å². The molecule has 0 unspecified atom stereocenters. The normalized spacial score (nSPS) is 10.8. The van der Waals surface area contributed by atoms with Gasteiger partial charge in [-0.15, -0.1) is 0 Å². The van der Waals surface area contributed by atoms with Crippen molar-refractivity contribution in [2.75, 3.05) is 11.9 Å². The van der Waals surface area contributed by atoms with Crippen LogP contribution in [0, 0.1) is 6.92 Å². The lowest BCUT2D eigenvalue weighted by Gasteiger charge is -2.07. The molecule has 0 spiro atoms. The minimum absolute atomic E-state index is 0.796. The highest BCUT2D eigenvalue weighted by atomic mass is 15.3. The molecule has 1 N–H and O–H groups in total. The van der Waals surface area contributed by atoms with Crippen LogP contribution in [-0.2, 0) is 20.0 Å². The van der Waals surface area contributed by atoms with Gasteiger partial charge in [-0.1, -0.05) is 6.92 Å². The zero-order chi connectivity index (χ0) is 13.0. The molecule has 6 nitrogen and oxygen atoms in total. The summed E-state index contributed by atoms with van der Waals surface area (Å²) < 4.78 is 3.87. The largest absolute Gasteiger partial charge is 0.355 e. The van der Waals surface area contributed by atoms with Crippen LogP contribution in [0.4, 0.5) is 5.95 Å². The highest BCUT2D eigenvalue weighted by Gasteiger charge is 2.05. The van der Waals surface area contributed by atoms with Crippen molar-refractivity contribution in [2.24, 2.45) is 7.05 Å². The fourth-order valence-corrected chi connectivity index (χ4v) is 1.88. The average Bonchev–Trinajstić information content (AvgIpc) is 2.87. The Morgan fingerprint density at radius 3 is 2.89 bits per heavy atom. The van der Waals surface area contributed by atoms with E-state index >= 15 is 0 Å². The summed E-state index contributed by atoms with van der Waals surface area (Å²) in [6, 6.07) is 0. The third-order valence-electron chi connectivity index (χ3n) is 2.64. The molecule has 0 radical (unpaired) electrons. The first kappa shape index (κ1) is 12.6. The Bertz CT molecular complexity index is 498. The second-order valence-electron chi connectivity index (χ2n) is 4.41. The van der Waals surface area contributed by atoms with Crippen molar-refractivity contribution in [1.29, 1.82) is 0 Å². The molecule has 0 fully saturated rings. The van der Waals surface area contributed by atoms with Crippen LogP contribution in [0.1, 0.15) is 24.9 Å². The number of imidazole rings is 1. The van der Waals surface area contributed by atoms with E-state index in [2.05, 4.69) is 38.1 Å². The lowest BCUT2D eigenvalue weighted by molar-refractivity contribution is 0.680. The van der Waals surface area contributed by atoms with Crippen LogP contribution < -0.4 is 5.32 Å². The van der Waals surface area contributed by atoms with Crippen LogP contribution >= 0.6 is 0 Å². The molecule has 0 aliphatic heterocycles. The van der Waals surface area contributed by atoms with E-state index in [1.165, 1.54) is 0 Å². The fraction of sp³-hybridized carbons (Fsp3) is 0.583. The van der Waals surface area contributed by atoms with Crippen LogP contribution in [0.5, 0.6) is 0 Å². The first-order valence-corrected chi connectivity index (χ1v) is 6.31. The Hall–Kier alpha value is -1.85. The number of nitrogens with zero attached hydrogens (tertiary/aromatic N) is 5. The molecule has 2 aromatic heterocycles. The maximum atomic E-state index is 4.47. The van der Waals surface area contributed by atoms with E-state index < -0.39 is 0 Å². The van der Waals surface area contributed by atoms with E-state index in [4.69, 9.17) is 0 Å². The predicted octanol–water partition coefficient (Wildman–Crippen LogP) is 1.38. The standard InChI is InChI=1S/C12H20N6/c1-4-7-18-8-10(2)15-12(18)13-6-5-11-14-9-17(3)16-11/h8-9H,4-7H2,1-3H3,(H,13,15). The van der Waals surface area contributed by atoms with Crippen LogP contribution in [0.3, 0.4) is 0 Å². The van der Waals surface area contributed by atoms with E-state index in [1.54, 1.807) is 11.0 Å². The summed E-state index contributed by atoms with van der Waals surface area (Å²) in [6.07, 6.45) is 5.70. The smallest absolute Gasteiger partial charge is 0.203 e. The van der Waals surface area contributed by atoms with Crippen molar-refractivity contribution < 1.29 is 0 Å². The van der Waals surface area contributed by atoms with Crippen LogP contribution in [0.15, 0.2) is 12.5 Å². The maximum absolute atomic E-state index is 4.47. The minimum Gasteiger partial charge on any atom is -0.355 e. The molecule has 98 valence electrons. The van der Waals surface area contributed by atoms with Gasteiger partial charge in [-0.25, -0.2) is 9.97 Å². The maximum Gasteiger partial charge on any atom is 0.203 e. The molecular weight excluding hydrogens is 228 g/mol. The number of hydrogen-bond acceptors (Lipinski definition) is 4. The summed E-state index contributed by atoms with van der Waals surface area (Å²) in [7, 11) is 1.88. The molecule has 0 aliphatic rings. The zero-order valence-electron chi connectivity index (χ0n) is 11.2. The summed E-state index contributed by atoms with van der Waals surface area (Å²) in [6.45, 7) is 5.96. The van der Waals surface area contributed by atoms with E-state index in [9.17, 15) is 0 Å². The average molecular weight is 248 g/mol. The van der Waals surface area contributed by atoms with E-state index in [1.807, 2.05) is 14.0 Å². The van der Waals surface area contributed by atoms with Crippen molar-refractivity contribution >= 4 is 5.95 Å². The number of aryl methyl sites for hydroxylation is 3. The molecular formula is C12H20N6. The highest BCUT2D eigenvalue weighted by Crippen LogP contribution is 2.09. The van der Waals surface area contributed by atoms with Gasteiger partial charge < -0.3 is 9.88 Å². The predicted molar refractivity (Wildman–Crippen MR) is 70.5 cm³/mol. The Kier molecular flexibility index (Phi) is 3.96. The van der Waals surface area contributed by atoms with Gasteiger partial charge >= 0.3 is 0 Å². The first-order chi connectivity index (χ1) is 8.69. The number of rotatable bonds is 6. The molecule has 0 amide bonds. The third kappa shape index (κ3) is 3.09. The molecule has 0 saturated carbocycles. The summed E-state index contributed by atoms with van der Waals surface area (Å²) in [5.41, 5.74) is 1.04. The molecule has 6 heteroatoms. The Balaban J connectivity index is 1.89. The van der Waals surface area contributed by atoms with Gasteiger partial charge in [-0.2, -0.15) is 5.10 Å². The van der Waals surface area contributed by atoms with Gasteiger partial charge in [0.2, 0.25) is 5.95 Å². The van der Waals surface area contributed by atoms with Gasteiger partial charge in [0.05, 0.1) is 5.69 Å². The Labute approximate surface area is 107 Å². The quantitative estimate of drug-likeness (QED) is 0.839. The van der Waals surface area contributed by atoms with Crippen LogP contribution in [0.25, 0.3) is 0 Å². The van der Waals surface area contributed by atoms with Gasteiger partial charge in [0, 0.05) is 32.8 Å². The zero-order valence-corrected chi connectivity index (χ0v) is 11.2. The minimum atomic E-state index is 0.796. The monoisotopic (exact) mass is 248 g/mol. The van der Waals surface area contributed by atoms with E-state index in [0.717, 1.165) is 43.4 Å². The molecule has 0 aliphatic carbocycles. The van der Waals surface area contributed by atoms with Gasteiger partial charge in [-0.05, 0) is 13.3 Å². The Morgan fingerprint density at radius 2 is 2.22 bits per heavy atom. The summed E-state index contributed by atoms with van der Waals surface area (Å²) in [4.78, 5) is 8.67. The van der Waals surface area contributed by atoms with Gasteiger partial charge in [-0.3, -0.25) is 4.68 Å². The number of hydrogen-bond donors (Lipinski definition) is 1. The van der Waals surface area contributed by atoms with Gasteiger partial charge in [0.25, 0.3) is 0 Å². The number of nitrogens with one attached hydrogen (secondary N) is 1. The number of aromatic nitrogens is 5. The topological polar surface area (TPSA) is 60.6 Å².